The molecule has 1 aliphatic rings. The SMILES string of the molecule is CC1CSCCN1Cc1ccc(C(=O)O)cn1. The lowest BCUT2D eigenvalue weighted by atomic mass is 10.2. The molecule has 1 fully saturated rings. The van der Waals surface area contributed by atoms with Crippen molar-refractivity contribution in [2.75, 3.05) is 18.1 Å². The van der Waals surface area contributed by atoms with Gasteiger partial charge in [0.05, 0.1) is 11.3 Å². The van der Waals surface area contributed by atoms with Gasteiger partial charge in [0.15, 0.2) is 0 Å². The van der Waals surface area contributed by atoms with Gasteiger partial charge in [-0.15, -0.1) is 0 Å². The summed E-state index contributed by atoms with van der Waals surface area (Å²) >= 11 is 1.98. The summed E-state index contributed by atoms with van der Waals surface area (Å²) in [6.45, 7) is 4.10. The van der Waals surface area contributed by atoms with Gasteiger partial charge in [-0.25, -0.2) is 4.79 Å². The molecule has 92 valence electrons. The molecule has 1 unspecified atom stereocenters. The lowest BCUT2D eigenvalue weighted by Crippen LogP contribution is -2.39. The molecule has 0 aromatic carbocycles. The minimum Gasteiger partial charge on any atom is -0.478 e. The van der Waals surface area contributed by atoms with Crippen LogP contribution in [-0.4, -0.2) is 45.1 Å². The molecule has 0 spiro atoms. The Bertz CT molecular complexity index is 394. The van der Waals surface area contributed by atoms with Gasteiger partial charge in [-0.3, -0.25) is 9.88 Å². The Labute approximate surface area is 105 Å². The summed E-state index contributed by atoms with van der Waals surface area (Å²) < 4.78 is 0. The lowest BCUT2D eigenvalue weighted by molar-refractivity contribution is 0.0696. The number of pyridine rings is 1. The normalized spacial score (nSPS) is 21.4. The van der Waals surface area contributed by atoms with E-state index in [1.165, 1.54) is 6.20 Å². The van der Waals surface area contributed by atoms with E-state index in [0.717, 1.165) is 30.3 Å². The summed E-state index contributed by atoms with van der Waals surface area (Å²) in [5.41, 5.74) is 1.18. The molecule has 0 bridgehead atoms. The van der Waals surface area contributed by atoms with Crippen molar-refractivity contribution in [3.05, 3.63) is 29.6 Å². The van der Waals surface area contributed by atoms with Crippen LogP contribution in [0.3, 0.4) is 0 Å². The Balaban J connectivity index is 2.00. The molecule has 1 aliphatic heterocycles. The number of carbonyl (C=O) groups is 1. The molecule has 0 saturated carbocycles. The van der Waals surface area contributed by atoms with E-state index in [9.17, 15) is 4.79 Å². The van der Waals surface area contributed by atoms with E-state index >= 15 is 0 Å². The highest BCUT2D eigenvalue weighted by molar-refractivity contribution is 7.99. The van der Waals surface area contributed by atoms with Gasteiger partial charge in [0.1, 0.15) is 0 Å². The quantitative estimate of drug-likeness (QED) is 0.887. The topological polar surface area (TPSA) is 53.4 Å². The number of aromatic carboxylic acids is 1. The predicted molar refractivity (Wildman–Crippen MR) is 68.4 cm³/mol. The van der Waals surface area contributed by atoms with Gasteiger partial charge >= 0.3 is 5.97 Å². The Hall–Kier alpha value is -1.07. The Morgan fingerprint density at radius 1 is 1.65 bits per heavy atom. The number of rotatable bonds is 3. The molecule has 4 nitrogen and oxygen atoms in total. The van der Waals surface area contributed by atoms with Crippen LogP contribution in [-0.2, 0) is 6.54 Å². The maximum absolute atomic E-state index is 10.7. The minimum atomic E-state index is -0.924. The van der Waals surface area contributed by atoms with Crippen molar-refractivity contribution < 1.29 is 9.90 Å². The summed E-state index contributed by atoms with van der Waals surface area (Å²) in [4.78, 5) is 17.3. The first kappa shape index (κ1) is 12.4. The molecule has 1 saturated heterocycles. The third-order valence-electron chi connectivity index (χ3n) is 2.94. The van der Waals surface area contributed by atoms with E-state index in [1.807, 2.05) is 11.8 Å². The molecular formula is C12H16N2O2S. The van der Waals surface area contributed by atoms with Gasteiger partial charge in [0.25, 0.3) is 0 Å². The molecule has 0 aliphatic carbocycles. The maximum atomic E-state index is 10.7. The zero-order valence-electron chi connectivity index (χ0n) is 9.80. The second-order valence-corrected chi connectivity index (χ2v) is 5.39. The summed E-state index contributed by atoms with van der Waals surface area (Å²) in [6.07, 6.45) is 1.43. The molecule has 5 heteroatoms. The average molecular weight is 252 g/mol. The molecule has 2 heterocycles. The standard InChI is InChI=1S/C12H16N2O2S/c1-9-8-17-5-4-14(9)7-11-3-2-10(6-13-11)12(15)16/h2-3,6,9H,4-5,7-8H2,1H3,(H,15,16). The summed E-state index contributed by atoms with van der Waals surface area (Å²) in [5, 5.41) is 8.79. The van der Waals surface area contributed by atoms with Gasteiger partial charge in [0, 0.05) is 36.8 Å². The van der Waals surface area contributed by atoms with Crippen LogP contribution in [0.25, 0.3) is 0 Å². The van der Waals surface area contributed by atoms with Crippen LogP contribution in [0, 0.1) is 0 Å². The van der Waals surface area contributed by atoms with Crippen LogP contribution in [0.5, 0.6) is 0 Å². The first-order valence-corrected chi connectivity index (χ1v) is 6.82. The molecule has 1 atom stereocenters. The Kier molecular flexibility index (Phi) is 4.02. The fourth-order valence-electron chi connectivity index (χ4n) is 1.85. The highest BCUT2D eigenvalue weighted by Gasteiger charge is 2.18. The first-order chi connectivity index (χ1) is 8.16. The molecule has 0 amide bonds. The fraction of sp³-hybridized carbons (Fsp3) is 0.500. The van der Waals surface area contributed by atoms with Crippen molar-refractivity contribution >= 4 is 17.7 Å². The number of hydrogen-bond donors (Lipinski definition) is 1. The molecule has 0 radical (unpaired) electrons. The molecule has 17 heavy (non-hydrogen) atoms. The van der Waals surface area contributed by atoms with Gasteiger partial charge in [-0.05, 0) is 19.1 Å². The fourth-order valence-corrected chi connectivity index (χ4v) is 2.93. The van der Waals surface area contributed by atoms with Crippen molar-refractivity contribution in [2.24, 2.45) is 0 Å². The van der Waals surface area contributed by atoms with Crippen molar-refractivity contribution in [1.29, 1.82) is 0 Å². The first-order valence-electron chi connectivity index (χ1n) is 5.67. The Morgan fingerprint density at radius 2 is 2.47 bits per heavy atom. The van der Waals surface area contributed by atoms with E-state index in [0.29, 0.717) is 6.04 Å². The van der Waals surface area contributed by atoms with Crippen LogP contribution in [0.15, 0.2) is 18.3 Å². The largest absolute Gasteiger partial charge is 0.478 e. The monoisotopic (exact) mass is 252 g/mol. The minimum absolute atomic E-state index is 0.246. The molecule has 1 aromatic rings. The second-order valence-electron chi connectivity index (χ2n) is 4.24. The van der Waals surface area contributed by atoms with Gasteiger partial charge in [-0.2, -0.15) is 11.8 Å². The van der Waals surface area contributed by atoms with Gasteiger partial charge in [0.2, 0.25) is 0 Å². The van der Waals surface area contributed by atoms with E-state index in [4.69, 9.17) is 5.11 Å². The smallest absolute Gasteiger partial charge is 0.337 e. The van der Waals surface area contributed by atoms with Crippen LogP contribution in [0.2, 0.25) is 0 Å². The second kappa shape index (κ2) is 5.51. The molecular weight excluding hydrogens is 236 g/mol. The van der Waals surface area contributed by atoms with Gasteiger partial charge in [-0.1, -0.05) is 0 Å². The summed E-state index contributed by atoms with van der Waals surface area (Å²) in [7, 11) is 0. The van der Waals surface area contributed by atoms with E-state index in [2.05, 4.69) is 16.8 Å². The van der Waals surface area contributed by atoms with E-state index in [1.54, 1.807) is 12.1 Å². The molecule has 1 N–H and O–H groups in total. The van der Waals surface area contributed by atoms with Crippen molar-refractivity contribution in [3.63, 3.8) is 0 Å². The van der Waals surface area contributed by atoms with Crippen molar-refractivity contribution in [2.45, 2.75) is 19.5 Å². The zero-order valence-corrected chi connectivity index (χ0v) is 10.6. The van der Waals surface area contributed by atoms with Crippen LogP contribution in [0.1, 0.15) is 23.0 Å². The van der Waals surface area contributed by atoms with Gasteiger partial charge < -0.3 is 5.11 Å². The third kappa shape index (κ3) is 3.20. The summed E-state index contributed by atoms with van der Waals surface area (Å²) in [6, 6.07) is 3.99. The Morgan fingerprint density at radius 3 is 3.06 bits per heavy atom. The van der Waals surface area contributed by atoms with Crippen LogP contribution >= 0.6 is 11.8 Å². The summed E-state index contributed by atoms with van der Waals surface area (Å²) in [5.74, 6) is 1.40. The lowest BCUT2D eigenvalue weighted by Gasteiger charge is -2.32. The highest BCUT2D eigenvalue weighted by Crippen LogP contribution is 2.17. The number of carboxylic acid groups (broad SMARTS) is 1. The van der Waals surface area contributed by atoms with E-state index in [-0.39, 0.29) is 5.56 Å². The third-order valence-corrected chi connectivity index (χ3v) is 4.13. The van der Waals surface area contributed by atoms with Crippen LogP contribution < -0.4 is 0 Å². The highest BCUT2D eigenvalue weighted by atomic mass is 32.2. The molecule has 2 rings (SSSR count). The number of aromatic nitrogens is 1. The van der Waals surface area contributed by atoms with Crippen molar-refractivity contribution in [3.8, 4) is 0 Å². The number of hydrogen-bond acceptors (Lipinski definition) is 4. The van der Waals surface area contributed by atoms with Crippen LogP contribution in [0.4, 0.5) is 0 Å². The zero-order chi connectivity index (χ0) is 12.3. The maximum Gasteiger partial charge on any atom is 0.337 e. The number of thioether (sulfide) groups is 1. The number of carboxylic acids is 1. The van der Waals surface area contributed by atoms with E-state index < -0.39 is 5.97 Å². The average Bonchev–Trinajstić information content (AvgIpc) is 2.33. The molecule has 1 aromatic heterocycles. The number of nitrogens with zero attached hydrogens (tertiary/aromatic N) is 2. The predicted octanol–water partition coefficient (Wildman–Crippen LogP) is 1.72. The van der Waals surface area contributed by atoms with Crippen molar-refractivity contribution in [1.82, 2.24) is 9.88 Å².